The van der Waals surface area contributed by atoms with Crippen molar-refractivity contribution in [2.75, 3.05) is 39.4 Å². The van der Waals surface area contributed by atoms with E-state index in [1.165, 1.54) is 11.1 Å². The molecule has 2 aromatic rings. The average molecular weight is 369 g/mol. The van der Waals surface area contributed by atoms with Crippen LogP contribution in [-0.4, -0.2) is 60.4 Å². The molecule has 0 spiro atoms. The molecular weight excluding hydrogens is 342 g/mol. The number of aromatic nitrogens is 2. The molecule has 0 bridgehead atoms. The summed E-state index contributed by atoms with van der Waals surface area (Å²) in [6.07, 6.45) is 0.884. The Morgan fingerprint density at radius 2 is 2.07 bits per heavy atom. The van der Waals surface area contributed by atoms with Gasteiger partial charge in [0, 0.05) is 50.4 Å². The van der Waals surface area contributed by atoms with Crippen LogP contribution >= 0.6 is 0 Å². The summed E-state index contributed by atoms with van der Waals surface area (Å²) in [5, 5.41) is 13.7. The van der Waals surface area contributed by atoms with Crippen molar-refractivity contribution in [1.82, 2.24) is 25.7 Å². The first kappa shape index (κ1) is 18.2. The minimum atomic E-state index is -0.110. The maximum atomic E-state index is 12.8. The van der Waals surface area contributed by atoms with Crippen LogP contribution in [0, 0.1) is 6.92 Å². The first-order valence-electron chi connectivity index (χ1n) is 9.66. The van der Waals surface area contributed by atoms with Gasteiger partial charge in [0.25, 0.3) is 5.91 Å². The van der Waals surface area contributed by atoms with Crippen LogP contribution in [0.5, 0.6) is 0 Å². The molecule has 1 saturated heterocycles. The molecule has 7 nitrogen and oxygen atoms in total. The normalized spacial score (nSPS) is 18.7. The molecule has 3 N–H and O–H groups in total. The van der Waals surface area contributed by atoms with Crippen LogP contribution in [0.4, 0.5) is 0 Å². The first-order chi connectivity index (χ1) is 13.2. The number of ether oxygens (including phenoxy) is 1. The summed E-state index contributed by atoms with van der Waals surface area (Å²) in [7, 11) is 0. The van der Waals surface area contributed by atoms with Crippen LogP contribution in [-0.2, 0) is 17.7 Å². The smallest absolute Gasteiger partial charge is 0.272 e. The number of aryl methyl sites for hydroxylation is 1. The van der Waals surface area contributed by atoms with Crippen molar-refractivity contribution in [3.05, 3.63) is 52.3 Å². The van der Waals surface area contributed by atoms with E-state index in [1.807, 2.05) is 0 Å². The van der Waals surface area contributed by atoms with E-state index >= 15 is 0 Å². The van der Waals surface area contributed by atoms with Gasteiger partial charge in [0.05, 0.1) is 19.3 Å². The van der Waals surface area contributed by atoms with Gasteiger partial charge in [-0.05, 0) is 12.5 Å². The predicted molar refractivity (Wildman–Crippen MR) is 103 cm³/mol. The van der Waals surface area contributed by atoms with Gasteiger partial charge in [0.2, 0.25) is 0 Å². The SMILES string of the molecule is Cc1ccc(C(CNC(=O)c2n[nH]c3c2CNCC3)N2CCOCC2)cc1. The van der Waals surface area contributed by atoms with Crippen molar-refractivity contribution in [1.29, 1.82) is 0 Å². The summed E-state index contributed by atoms with van der Waals surface area (Å²) in [6, 6.07) is 8.69. The molecule has 7 heteroatoms. The highest BCUT2D eigenvalue weighted by molar-refractivity contribution is 5.94. The van der Waals surface area contributed by atoms with Gasteiger partial charge in [0.15, 0.2) is 5.69 Å². The number of hydrogen-bond donors (Lipinski definition) is 3. The number of fused-ring (bicyclic) bond motifs is 1. The summed E-state index contributed by atoms with van der Waals surface area (Å²) >= 11 is 0. The Morgan fingerprint density at radius 3 is 2.85 bits per heavy atom. The van der Waals surface area contributed by atoms with Crippen LogP contribution in [0.3, 0.4) is 0 Å². The van der Waals surface area contributed by atoms with E-state index in [0.29, 0.717) is 18.8 Å². The van der Waals surface area contributed by atoms with Gasteiger partial charge in [-0.15, -0.1) is 0 Å². The van der Waals surface area contributed by atoms with Crippen molar-refractivity contribution in [3.8, 4) is 0 Å². The molecule has 1 aromatic heterocycles. The van der Waals surface area contributed by atoms with Gasteiger partial charge < -0.3 is 15.4 Å². The van der Waals surface area contributed by atoms with E-state index in [-0.39, 0.29) is 11.9 Å². The fourth-order valence-corrected chi connectivity index (χ4v) is 3.82. The van der Waals surface area contributed by atoms with E-state index in [1.54, 1.807) is 0 Å². The molecule has 0 saturated carbocycles. The molecule has 1 atom stereocenters. The molecule has 27 heavy (non-hydrogen) atoms. The lowest BCUT2D eigenvalue weighted by Crippen LogP contribution is -2.44. The third-order valence-corrected chi connectivity index (χ3v) is 5.43. The van der Waals surface area contributed by atoms with E-state index in [9.17, 15) is 4.79 Å². The van der Waals surface area contributed by atoms with Crippen molar-refractivity contribution < 1.29 is 9.53 Å². The van der Waals surface area contributed by atoms with Gasteiger partial charge in [-0.25, -0.2) is 0 Å². The molecule has 2 aliphatic rings. The molecule has 1 amide bonds. The number of carbonyl (C=O) groups is 1. The number of carbonyl (C=O) groups excluding carboxylic acids is 1. The maximum absolute atomic E-state index is 12.8. The quantitative estimate of drug-likeness (QED) is 0.737. The number of amides is 1. The van der Waals surface area contributed by atoms with Crippen LogP contribution in [0.15, 0.2) is 24.3 Å². The standard InChI is InChI=1S/C20H27N5O2/c1-14-2-4-15(5-3-14)18(25-8-10-27-11-9-25)13-22-20(26)19-16-12-21-7-6-17(16)23-24-19/h2-5,18,21H,6-13H2,1H3,(H,22,26)(H,23,24). The highest BCUT2D eigenvalue weighted by Crippen LogP contribution is 2.22. The maximum Gasteiger partial charge on any atom is 0.272 e. The third kappa shape index (κ3) is 4.05. The number of nitrogens with zero attached hydrogens (tertiary/aromatic N) is 2. The second-order valence-electron chi connectivity index (χ2n) is 7.24. The fourth-order valence-electron chi connectivity index (χ4n) is 3.82. The topological polar surface area (TPSA) is 82.3 Å². The monoisotopic (exact) mass is 369 g/mol. The summed E-state index contributed by atoms with van der Waals surface area (Å²) in [5.41, 5.74) is 5.04. The molecule has 2 aliphatic heterocycles. The summed E-state index contributed by atoms with van der Waals surface area (Å²) in [5.74, 6) is -0.110. The second kappa shape index (κ2) is 8.21. The fraction of sp³-hybridized carbons (Fsp3) is 0.500. The molecule has 0 aliphatic carbocycles. The largest absolute Gasteiger partial charge is 0.379 e. The van der Waals surface area contributed by atoms with Gasteiger partial charge in [0.1, 0.15) is 0 Å². The highest BCUT2D eigenvalue weighted by atomic mass is 16.5. The van der Waals surface area contributed by atoms with Crippen LogP contribution in [0.1, 0.15) is 38.9 Å². The Labute approximate surface area is 159 Å². The van der Waals surface area contributed by atoms with E-state index in [2.05, 4.69) is 56.9 Å². The summed E-state index contributed by atoms with van der Waals surface area (Å²) in [4.78, 5) is 15.2. The molecule has 3 heterocycles. The van der Waals surface area contributed by atoms with Crippen LogP contribution in [0.25, 0.3) is 0 Å². The molecule has 144 valence electrons. The lowest BCUT2D eigenvalue weighted by molar-refractivity contribution is 0.0162. The molecule has 1 aromatic carbocycles. The minimum absolute atomic E-state index is 0.110. The van der Waals surface area contributed by atoms with Crippen LogP contribution in [0.2, 0.25) is 0 Å². The summed E-state index contributed by atoms with van der Waals surface area (Å²) in [6.45, 7) is 7.46. The first-order valence-corrected chi connectivity index (χ1v) is 9.66. The zero-order chi connectivity index (χ0) is 18.6. The Balaban J connectivity index is 1.48. The van der Waals surface area contributed by atoms with Crippen molar-refractivity contribution in [3.63, 3.8) is 0 Å². The van der Waals surface area contributed by atoms with Gasteiger partial charge in [-0.3, -0.25) is 14.8 Å². The zero-order valence-electron chi connectivity index (χ0n) is 15.8. The molecular formula is C20H27N5O2. The average Bonchev–Trinajstić information content (AvgIpc) is 3.14. The number of H-pyrrole nitrogens is 1. The summed E-state index contributed by atoms with van der Waals surface area (Å²) < 4.78 is 5.50. The van der Waals surface area contributed by atoms with E-state index in [4.69, 9.17) is 4.74 Å². The Morgan fingerprint density at radius 1 is 1.30 bits per heavy atom. The van der Waals surface area contributed by atoms with Crippen molar-refractivity contribution in [2.24, 2.45) is 0 Å². The van der Waals surface area contributed by atoms with Crippen molar-refractivity contribution in [2.45, 2.75) is 25.9 Å². The number of nitrogens with one attached hydrogen (secondary N) is 3. The molecule has 0 radical (unpaired) electrons. The van der Waals surface area contributed by atoms with Crippen molar-refractivity contribution >= 4 is 5.91 Å². The third-order valence-electron chi connectivity index (χ3n) is 5.43. The zero-order valence-corrected chi connectivity index (χ0v) is 15.8. The van der Waals surface area contributed by atoms with Gasteiger partial charge >= 0.3 is 0 Å². The number of morpholine rings is 1. The minimum Gasteiger partial charge on any atom is -0.379 e. The number of aromatic amines is 1. The predicted octanol–water partition coefficient (Wildman–Crippen LogP) is 1.17. The molecule has 4 rings (SSSR count). The lowest BCUT2D eigenvalue weighted by Gasteiger charge is -2.35. The highest BCUT2D eigenvalue weighted by Gasteiger charge is 2.25. The molecule has 1 fully saturated rings. The Hall–Kier alpha value is -2.22. The number of benzene rings is 1. The number of rotatable bonds is 5. The Bertz CT molecular complexity index is 780. The van der Waals surface area contributed by atoms with Crippen LogP contribution < -0.4 is 10.6 Å². The van der Waals surface area contributed by atoms with E-state index < -0.39 is 0 Å². The second-order valence-corrected chi connectivity index (χ2v) is 7.24. The van der Waals surface area contributed by atoms with E-state index in [0.717, 1.165) is 50.5 Å². The van der Waals surface area contributed by atoms with Gasteiger partial charge in [-0.1, -0.05) is 29.8 Å². The molecule has 1 unspecified atom stereocenters. The lowest BCUT2D eigenvalue weighted by atomic mass is 10.0. The number of hydrogen-bond acceptors (Lipinski definition) is 5. The van der Waals surface area contributed by atoms with Gasteiger partial charge in [-0.2, -0.15) is 5.10 Å². The Kier molecular flexibility index (Phi) is 5.52.